The van der Waals surface area contributed by atoms with Gasteiger partial charge in [-0.1, -0.05) is 23.5 Å². The molecule has 0 saturated heterocycles. The van der Waals surface area contributed by atoms with Crippen molar-refractivity contribution in [3.8, 4) is 11.9 Å². The molecular weight excluding hydrogens is 402 g/mol. The largest absolute Gasteiger partial charge is 0.481 e. The number of nitrogens with zero attached hydrogens (tertiary/aromatic N) is 5. The van der Waals surface area contributed by atoms with Crippen molar-refractivity contribution in [2.24, 2.45) is 0 Å². The van der Waals surface area contributed by atoms with Crippen LogP contribution in [0.15, 0.2) is 18.2 Å². The predicted molar refractivity (Wildman–Crippen MR) is 119 cm³/mol. The number of amides is 1. The van der Waals surface area contributed by atoms with Crippen molar-refractivity contribution >= 4 is 32.6 Å². The van der Waals surface area contributed by atoms with Crippen LogP contribution in [0.3, 0.4) is 0 Å². The monoisotopic (exact) mass is 429 g/mol. The highest BCUT2D eigenvalue weighted by atomic mass is 32.1. The first-order chi connectivity index (χ1) is 14.3. The van der Waals surface area contributed by atoms with E-state index in [0.717, 1.165) is 34.3 Å². The number of ether oxygens (including phenoxy) is 2. The lowest BCUT2D eigenvalue weighted by atomic mass is 10.1. The standard InChI is InChI=1S/C21H27N5O3S/c1-13-8-9-14(2)18-17(13)24-21(30-18)26(11-7-10-25(3)4)19(27)15-12-16(28-5)23-20(22-15)29-6/h8-9,12H,7,10-11H2,1-6H3. The van der Waals surface area contributed by atoms with Crippen molar-refractivity contribution in [1.29, 1.82) is 0 Å². The van der Waals surface area contributed by atoms with Gasteiger partial charge in [0.05, 0.1) is 24.4 Å². The van der Waals surface area contributed by atoms with Crippen LogP contribution in [0.25, 0.3) is 10.2 Å². The maximum Gasteiger partial charge on any atom is 0.320 e. The fourth-order valence-corrected chi connectivity index (χ4v) is 4.18. The summed E-state index contributed by atoms with van der Waals surface area (Å²) in [6.45, 7) is 5.46. The van der Waals surface area contributed by atoms with Gasteiger partial charge in [0.1, 0.15) is 5.69 Å². The van der Waals surface area contributed by atoms with E-state index in [9.17, 15) is 4.79 Å². The number of hydrogen-bond donors (Lipinski definition) is 0. The molecule has 9 heteroatoms. The summed E-state index contributed by atoms with van der Waals surface area (Å²) in [4.78, 5) is 30.4. The molecule has 3 aromatic rings. The van der Waals surface area contributed by atoms with Gasteiger partial charge < -0.3 is 14.4 Å². The lowest BCUT2D eigenvalue weighted by Gasteiger charge is -2.21. The first kappa shape index (κ1) is 21.9. The van der Waals surface area contributed by atoms with E-state index in [4.69, 9.17) is 14.5 Å². The average molecular weight is 430 g/mol. The quantitative estimate of drug-likeness (QED) is 0.543. The molecule has 0 aliphatic carbocycles. The van der Waals surface area contributed by atoms with Crippen LogP contribution in [0.5, 0.6) is 11.9 Å². The summed E-state index contributed by atoms with van der Waals surface area (Å²) in [6, 6.07) is 5.74. The topological polar surface area (TPSA) is 80.7 Å². The smallest absolute Gasteiger partial charge is 0.320 e. The van der Waals surface area contributed by atoms with Gasteiger partial charge >= 0.3 is 6.01 Å². The zero-order valence-corrected chi connectivity index (χ0v) is 19.0. The molecule has 8 nitrogen and oxygen atoms in total. The molecule has 0 bridgehead atoms. The number of carbonyl (C=O) groups is 1. The molecule has 0 saturated carbocycles. The molecule has 0 spiro atoms. The Kier molecular flexibility index (Phi) is 6.84. The Hall–Kier alpha value is -2.78. The van der Waals surface area contributed by atoms with Crippen LogP contribution in [0, 0.1) is 13.8 Å². The third kappa shape index (κ3) is 4.68. The molecule has 160 valence electrons. The summed E-state index contributed by atoms with van der Waals surface area (Å²) in [5.74, 6) is 0.0107. The summed E-state index contributed by atoms with van der Waals surface area (Å²) in [6.07, 6.45) is 0.798. The fraction of sp³-hybridized carbons (Fsp3) is 0.429. The molecule has 0 aliphatic rings. The van der Waals surface area contributed by atoms with Crippen molar-refractivity contribution < 1.29 is 14.3 Å². The Bertz CT molecular complexity index is 989. The van der Waals surface area contributed by atoms with E-state index in [0.29, 0.717) is 11.7 Å². The summed E-state index contributed by atoms with van der Waals surface area (Å²) >= 11 is 1.52. The second-order valence-electron chi connectivity index (χ2n) is 7.27. The van der Waals surface area contributed by atoms with Gasteiger partial charge in [0.25, 0.3) is 5.91 Å². The first-order valence-electron chi connectivity index (χ1n) is 9.64. The molecule has 3 rings (SSSR count). The number of anilines is 1. The number of benzene rings is 1. The molecule has 0 radical (unpaired) electrons. The average Bonchev–Trinajstić information content (AvgIpc) is 3.19. The number of aryl methyl sites for hydroxylation is 2. The highest BCUT2D eigenvalue weighted by Gasteiger charge is 2.24. The van der Waals surface area contributed by atoms with Gasteiger partial charge in [0, 0.05) is 12.6 Å². The van der Waals surface area contributed by atoms with E-state index in [2.05, 4.69) is 33.9 Å². The van der Waals surface area contributed by atoms with Crippen LogP contribution in [-0.4, -0.2) is 67.2 Å². The van der Waals surface area contributed by atoms with Crippen LogP contribution in [-0.2, 0) is 0 Å². The fourth-order valence-electron chi connectivity index (χ4n) is 3.04. The Morgan fingerprint density at radius 2 is 1.77 bits per heavy atom. The van der Waals surface area contributed by atoms with Crippen LogP contribution in [0.2, 0.25) is 0 Å². The molecule has 2 heterocycles. The molecule has 0 aliphatic heterocycles. The van der Waals surface area contributed by atoms with E-state index in [1.165, 1.54) is 31.6 Å². The number of methoxy groups -OCH3 is 2. The number of rotatable bonds is 8. The summed E-state index contributed by atoms with van der Waals surface area (Å²) in [5.41, 5.74) is 3.36. The predicted octanol–water partition coefficient (Wildman–Crippen LogP) is 3.32. The highest BCUT2D eigenvalue weighted by Crippen LogP contribution is 2.34. The second kappa shape index (κ2) is 9.36. The Labute approximate surface area is 180 Å². The molecule has 1 amide bonds. The van der Waals surface area contributed by atoms with Gasteiger partial charge in [0.15, 0.2) is 5.13 Å². The Morgan fingerprint density at radius 3 is 2.40 bits per heavy atom. The van der Waals surface area contributed by atoms with Crippen molar-refractivity contribution in [1.82, 2.24) is 19.9 Å². The van der Waals surface area contributed by atoms with Crippen molar-refractivity contribution in [2.45, 2.75) is 20.3 Å². The van der Waals surface area contributed by atoms with E-state index < -0.39 is 0 Å². The summed E-state index contributed by atoms with van der Waals surface area (Å²) in [7, 11) is 6.97. The molecule has 0 N–H and O–H groups in total. The number of carbonyl (C=O) groups excluding carboxylic acids is 1. The maximum atomic E-state index is 13.5. The second-order valence-corrected chi connectivity index (χ2v) is 8.25. The van der Waals surface area contributed by atoms with Crippen molar-refractivity contribution in [3.05, 3.63) is 35.0 Å². The number of thiazole rings is 1. The minimum absolute atomic E-state index is 0.0851. The third-order valence-corrected chi connectivity index (χ3v) is 5.90. The van der Waals surface area contributed by atoms with Crippen LogP contribution in [0.4, 0.5) is 5.13 Å². The molecule has 0 unspecified atom stereocenters. The SMILES string of the molecule is COc1cc(C(=O)N(CCCN(C)C)c2nc3c(C)ccc(C)c3s2)nc(OC)n1. The van der Waals surface area contributed by atoms with E-state index in [-0.39, 0.29) is 23.5 Å². The van der Waals surface area contributed by atoms with E-state index >= 15 is 0 Å². The van der Waals surface area contributed by atoms with Crippen molar-refractivity contribution in [3.63, 3.8) is 0 Å². The molecule has 0 fully saturated rings. The Balaban J connectivity index is 2.04. The lowest BCUT2D eigenvalue weighted by Crippen LogP contribution is -2.34. The van der Waals surface area contributed by atoms with Gasteiger partial charge in [-0.05, 0) is 52.0 Å². The van der Waals surface area contributed by atoms with E-state index in [1.54, 1.807) is 4.90 Å². The molecular formula is C21H27N5O3S. The normalized spacial score (nSPS) is 11.2. The lowest BCUT2D eigenvalue weighted by molar-refractivity contribution is 0.0979. The van der Waals surface area contributed by atoms with Crippen LogP contribution in [0.1, 0.15) is 28.0 Å². The van der Waals surface area contributed by atoms with Crippen LogP contribution >= 0.6 is 11.3 Å². The van der Waals surface area contributed by atoms with Gasteiger partial charge in [-0.3, -0.25) is 9.69 Å². The molecule has 0 atom stereocenters. The first-order valence-corrected chi connectivity index (χ1v) is 10.5. The number of hydrogen-bond acceptors (Lipinski definition) is 8. The van der Waals surface area contributed by atoms with Gasteiger partial charge in [0.2, 0.25) is 5.88 Å². The summed E-state index contributed by atoms with van der Waals surface area (Å²) in [5, 5.41) is 0.655. The molecule has 2 aromatic heterocycles. The highest BCUT2D eigenvalue weighted by molar-refractivity contribution is 7.22. The maximum absolute atomic E-state index is 13.5. The number of fused-ring (bicyclic) bond motifs is 1. The summed E-state index contributed by atoms with van der Waals surface area (Å²) < 4.78 is 11.4. The third-order valence-electron chi connectivity index (χ3n) is 4.69. The van der Waals surface area contributed by atoms with Gasteiger partial charge in [-0.15, -0.1) is 0 Å². The van der Waals surface area contributed by atoms with E-state index in [1.807, 2.05) is 21.0 Å². The van der Waals surface area contributed by atoms with Crippen molar-refractivity contribution in [2.75, 3.05) is 46.3 Å². The zero-order chi connectivity index (χ0) is 21.8. The number of aromatic nitrogens is 3. The zero-order valence-electron chi connectivity index (χ0n) is 18.2. The molecule has 30 heavy (non-hydrogen) atoms. The minimum atomic E-state index is -0.262. The van der Waals surface area contributed by atoms with Crippen LogP contribution < -0.4 is 14.4 Å². The minimum Gasteiger partial charge on any atom is -0.481 e. The Morgan fingerprint density at radius 1 is 1.03 bits per heavy atom. The van der Waals surface area contributed by atoms with Gasteiger partial charge in [-0.2, -0.15) is 9.97 Å². The molecule has 1 aromatic carbocycles. The van der Waals surface area contributed by atoms with Gasteiger partial charge in [-0.25, -0.2) is 4.98 Å².